The molecule has 3 amide bonds. The molecule has 7 nitrogen and oxygen atoms in total. The third kappa shape index (κ3) is 3.48. The lowest BCUT2D eigenvalue weighted by atomic mass is 10.1. The van der Waals surface area contributed by atoms with Crippen LogP contribution in [-0.4, -0.2) is 52.9 Å². The molecule has 0 unspecified atom stereocenters. The summed E-state index contributed by atoms with van der Waals surface area (Å²) in [6.07, 6.45) is 4.73. The van der Waals surface area contributed by atoms with Crippen molar-refractivity contribution in [3.05, 3.63) is 71.3 Å². The van der Waals surface area contributed by atoms with Gasteiger partial charge in [0, 0.05) is 25.5 Å². The number of hydrogen-bond acceptors (Lipinski definition) is 5. The zero-order valence-electron chi connectivity index (χ0n) is 15.2. The maximum absolute atomic E-state index is 13.3. The van der Waals surface area contributed by atoms with Gasteiger partial charge in [0.1, 0.15) is 0 Å². The second kappa shape index (κ2) is 7.99. The van der Waals surface area contributed by atoms with Crippen LogP contribution >= 0.6 is 0 Å². The predicted octanol–water partition coefficient (Wildman–Crippen LogP) is 2.01. The van der Waals surface area contributed by atoms with E-state index in [-0.39, 0.29) is 35.9 Å². The van der Waals surface area contributed by atoms with E-state index in [9.17, 15) is 18.8 Å². The summed E-state index contributed by atoms with van der Waals surface area (Å²) in [5, 5.41) is 10.6. The average Bonchev–Trinajstić information content (AvgIpc) is 2.94. The van der Waals surface area contributed by atoms with E-state index in [1.807, 2.05) is 6.92 Å². The quantitative estimate of drug-likeness (QED) is 0.581. The lowest BCUT2D eigenvalue weighted by Gasteiger charge is -2.22. The molecule has 2 aliphatic heterocycles. The number of carbonyl (C=O) groups excluding carboxylic acids is 3. The number of amides is 3. The molecule has 0 fully saturated rings. The Morgan fingerprint density at radius 2 is 1.79 bits per heavy atom. The van der Waals surface area contributed by atoms with Crippen molar-refractivity contribution < 1.29 is 18.8 Å². The SMILES string of the molecule is CCN1C=CC(=N)/C(=C\NC/C(=C/F)CN2C(=O)c3ccccc3C2=O)C1=O. The Hall–Kier alpha value is -3.55. The van der Waals surface area contributed by atoms with E-state index < -0.39 is 11.8 Å². The number of nitrogens with zero attached hydrogens (tertiary/aromatic N) is 2. The molecule has 0 saturated carbocycles. The Morgan fingerprint density at radius 1 is 1.14 bits per heavy atom. The molecular formula is C20H19FN4O3. The van der Waals surface area contributed by atoms with Crippen molar-refractivity contribution in [2.24, 2.45) is 0 Å². The van der Waals surface area contributed by atoms with Crippen molar-refractivity contribution in [1.82, 2.24) is 15.1 Å². The van der Waals surface area contributed by atoms with E-state index in [4.69, 9.17) is 5.41 Å². The van der Waals surface area contributed by atoms with Crippen molar-refractivity contribution >= 4 is 23.4 Å². The summed E-state index contributed by atoms with van der Waals surface area (Å²) in [7, 11) is 0. The van der Waals surface area contributed by atoms with Gasteiger partial charge in [0.2, 0.25) is 0 Å². The smallest absolute Gasteiger partial charge is 0.261 e. The van der Waals surface area contributed by atoms with E-state index in [0.29, 0.717) is 24.0 Å². The first-order valence-electron chi connectivity index (χ1n) is 8.73. The number of fused-ring (bicyclic) bond motifs is 1. The van der Waals surface area contributed by atoms with Crippen LogP contribution in [0.15, 0.2) is 60.2 Å². The molecule has 2 N–H and O–H groups in total. The molecule has 0 bridgehead atoms. The molecule has 0 radical (unpaired) electrons. The van der Waals surface area contributed by atoms with Crippen molar-refractivity contribution in [2.45, 2.75) is 6.92 Å². The largest absolute Gasteiger partial charge is 0.386 e. The maximum atomic E-state index is 13.3. The molecule has 28 heavy (non-hydrogen) atoms. The summed E-state index contributed by atoms with van der Waals surface area (Å²) in [6.45, 7) is 2.05. The van der Waals surface area contributed by atoms with Gasteiger partial charge in [0.25, 0.3) is 17.7 Å². The normalized spacial score (nSPS) is 18.4. The standard InChI is InChI=1S/C20H19FN4O3/c1-2-24-8-7-17(22)16(18(24)26)11-23-10-13(9-21)12-25-19(27)14-5-3-4-6-15(14)20(25)28/h3-9,11,22-23H,2,10,12H2,1H3/b13-9-,16-11+,22-17?. The summed E-state index contributed by atoms with van der Waals surface area (Å²) in [6, 6.07) is 6.45. The second-order valence-electron chi connectivity index (χ2n) is 6.27. The minimum Gasteiger partial charge on any atom is -0.386 e. The number of benzene rings is 1. The zero-order valence-corrected chi connectivity index (χ0v) is 15.2. The van der Waals surface area contributed by atoms with Gasteiger partial charge >= 0.3 is 0 Å². The fourth-order valence-corrected chi connectivity index (χ4v) is 2.98. The molecule has 0 saturated heterocycles. The Morgan fingerprint density at radius 3 is 2.36 bits per heavy atom. The monoisotopic (exact) mass is 382 g/mol. The number of carbonyl (C=O) groups is 3. The first kappa shape index (κ1) is 19.2. The first-order valence-corrected chi connectivity index (χ1v) is 8.73. The molecule has 1 aromatic rings. The van der Waals surface area contributed by atoms with Gasteiger partial charge in [0.15, 0.2) is 0 Å². The van der Waals surface area contributed by atoms with Gasteiger partial charge in [-0.1, -0.05) is 12.1 Å². The van der Waals surface area contributed by atoms with Crippen LogP contribution in [0.5, 0.6) is 0 Å². The molecule has 0 aromatic heterocycles. The molecule has 3 rings (SSSR count). The van der Waals surface area contributed by atoms with E-state index >= 15 is 0 Å². The van der Waals surface area contributed by atoms with E-state index in [2.05, 4.69) is 5.32 Å². The van der Waals surface area contributed by atoms with E-state index in [1.54, 1.807) is 24.3 Å². The Kier molecular flexibility index (Phi) is 5.49. The number of halogens is 1. The fourth-order valence-electron chi connectivity index (χ4n) is 2.98. The van der Waals surface area contributed by atoms with Crippen molar-refractivity contribution in [3.63, 3.8) is 0 Å². The summed E-state index contributed by atoms with van der Waals surface area (Å²) < 4.78 is 13.3. The highest BCUT2D eigenvalue weighted by Crippen LogP contribution is 2.23. The Bertz CT molecular complexity index is 914. The van der Waals surface area contributed by atoms with Crippen molar-refractivity contribution in [2.75, 3.05) is 19.6 Å². The summed E-state index contributed by atoms with van der Waals surface area (Å²) in [4.78, 5) is 39.4. The maximum Gasteiger partial charge on any atom is 0.261 e. The lowest BCUT2D eigenvalue weighted by molar-refractivity contribution is -0.124. The van der Waals surface area contributed by atoms with Crippen molar-refractivity contribution in [1.29, 1.82) is 5.41 Å². The highest BCUT2D eigenvalue weighted by atomic mass is 19.1. The molecule has 0 spiro atoms. The second-order valence-corrected chi connectivity index (χ2v) is 6.27. The number of nitrogens with one attached hydrogen (secondary N) is 2. The summed E-state index contributed by atoms with van der Waals surface area (Å²) >= 11 is 0. The van der Waals surface area contributed by atoms with Gasteiger partial charge in [-0.2, -0.15) is 0 Å². The molecule has 1 aromatic carbocycles. The molecule has 8 heteroatoms. The molecule has 2 aliphatic rings. The van der Waals surface area contributed by atoms with Crippen LogP contribution in [0, 0.1) is 5.41 Å². The van der Waals surface area contributed by atoms with Gasteiger partial charge in [-0.05, 0) is 30.7 Å². The Labute approximate surface area is 161 Å². The highest BCUT2D eigenvalue weighted by Gasteiger charge is 2.35. The van der Waals surface area contributed by atoms with Crippen LogP contribution in [0.1, 0.15) is 27.6 Å². The lowest BCUT2D eigenvalue weighted by Crippen LogP contribution is -2.35. The number of imide groups is 1. The minimum absolute atomic E-state index is 0.0240. The molecule has 2 heterocycles. The van der Waals surface area contributed by atoms with E-state index in [1.165, 1.54) is 23.4 Å². The highest BCUT2D eigenvalue weighted by molar-refractivity contribution is 6.26. The molecule has 144 valence electrons. The predicted molar refractivity (Wildman–Crippen MR) is 101 cm³/mol. The number of rotatable bonds is 6. The summed E-state index contributed by atoms with van der Waals surface area (Å²) in [5.74, 6) is -1.26. The van der Waals surface area contributed by atoms with Crippen LogP contribution in [0.3, 0.4) is 0 Å². The van der Waals surface area contributed by atoms with Gasteiger partial charge in [-0.3, -0.25) is 24.7 Å². The molecular weight excluding hydrogens is 363 g/mol. The van der Waals surface area contributed by atoms with Gasteiger partial charge in [-0.15, -0.1) is 0 Å². The third-order valence-corrected chi connectivity index (χ3v) is 4.51. The summed E-state index contributed by atoms with van der Waals surface area (Å²) in [5.41, 5.74) is 0.961. The van der Waals surface area contributed by atoms with Gasteiger partial charge in [0.05, 0.1) is 35.3 Å². The third-order valence-electron chi connectivity index (χ3n) is 4.51. The fraction of sp³-hybridized carbons (Fsp3) is 0.200. The van der Waals surface area contributed by atoms with Gasteiger partial charge in [-0.25, -0.2) is 4.39 Å². The Balaban J connectivity index is 1.66. The number of hydrogen-bond donors (Lipinski definition) is 2. The number of likely N-dealkylation sites (N-methyl/N-ethyl adjacent to an activating group) is 1. The minimum atomic E-state index is -0.466. The molecule has 0 aliphatic carbocycles. The van der Waals surface area contributed by atoms with Crippen LogP contribution < -0.4 is 5.32 Å². The van der Waals surface area contributed by atoms with Gasteiger partial charge < -0.3 is 10.2 Å². The van der Waals surface area contributed by atoms with Crippen LogP contribution in [0.2, 0.25) is 0 Å². The number of allylic oxidation sites excluding steroid dienone is 1. The first-order chi connectivity index (χ1) is 13.5. The van der Waals surface area contributed by atoms with Crippen LogP contribution in [0.4, 0.5) is 4.39 Å². The average molecular weight is 382 g/mol. The van der Waals surface area contributed by atoms with Crippen LogP contribution in [0.25, 0.3) is 0 Å². The van der Waals surface area contributed by atoms with E-state index in [0.717, 1.165) is 4.90 Å². The topological polar surface area (TPSA) is 93.6 Å². The zero-order chi connectivity index (χ0) is 20.3. The molecule has 0 atom stereocenters. The van der Waals surface area contributed by atoms with Crippen molar-refractivity contribution in [3.8, 4) is 0 Å². The van der Waals surface area contributed by atoms with Crippen LogP contribution in [-0.2, 0) is 4.79 Å².